The molecule has 2 heterocycles. The fourth-order valence-electron chi connectivity index (χ4n) is 2.90. The van der Waals surface area contributed by atoms with Crippen molar-refractivity contribution in [3.8, 4) is 0 Å². The number of nitrogens with two attached hydrogens (primary N) is 1. The zero-order chi connectivity index (χ0) is 18.0. The molecule has 4 N–H and O–H groups in total. The Morgan fingerprint density at radius 3 is 2.72 bits per heavy atom. The molecule has 9 heteroatoms. The number of nitrogens with zero attached hydrogens (tertiary/aromatic N) is 1. The predicted molar refractivity (Wildman–Crippen MR) is 90.0 cm³/mol. The summed E-state index contributed by atoms with van der Waals surface area (Å²) < 4.78 is 0. The molecule has 1 fully saturated rings. The first-order chi connectivity index (χ1) is 12.0. The number of aliphatic carboxylic acids is 1. The van der Waals surface area contributed by atoms with Crippen LogP contribution in [-0.4, -0.2) is 51.6 Å². The van der Waals surface area contributed by atoms with Gasteiger partial charge in [-0.15, -0.1) is 11.8 Å². The molecular weight excluding hydrogens is 346 g/mol. The Bertz CT molecular complexity index is 737. The molecule has 0 saturated carbocycles. The highest BCUT2D eigenvalue weighted by molar-refractivity contribution is 8.00. The molecule has 1 aromatic rings. The molecule has 1 aromatic carbocycles. The zero-order valence-electron chi connectivity index (χ0n) is 13.2. The molecule has 132 valence electrons. The molecule has 2 aliphatic rings. The number of thioether (sulfide) groups is 1. The summed E-state index contributed by atoms with van der Waals surface area (Å²) in [7, 11) is 0. The number of nitrogens with one attached hydrogen (secondary N) is 1. The summed E-state index contributed by atoms with van der Waals surface area (Å²) in [5.41, 5.74) is 1.18. The molecular formula is C16H17N3O5S. The molecule has 3 rings (SSSR count). The van der Waals surface area contributed by atoms with Crippen LogP contribution in [0.3, 0.4) is 0 Å². The van der Waals surface area contributed by atoms with Gasteiger partial charge < -0.3 is 15.3 Å². The first-order valence-corrected chi connectivity index (χ1v) is 8.62. The van der Waals surface area contributed by atoms with E-state index in [-0.39, 0.29) is 24.6 Å². The maximum Gasteiger partial charge on any atom is 0.352 e. The molecule has 0 aliphatic carbocycles. The van der Waals surface area contributed by atoms with Gasteiger partial charge in [-0.1, -0.05) is 30.3 Å². The van der Waals surface area contributed by atoms with Crippen LogP contribution in [0, 0.1) is 0 Å². The second-order valence-corrected chi connectivity index (χ2v) is 6.79. The third-order valence-corrected chi connectivity index (χ3v) is 5.37. The number of benzene rings is 1. The lowest BCUT2D eigenvalue weighted by Crippen LogP contribution is -2.70. The summed E-state index contributed by atoms with van der Waals surface area (Å²) in [6, 6.07) is 8.45. The number of hydrogen-bond donors (Lipinski definition) is 3. The van der Waals surface area contributed by atoms with Gasteiger partial charge in [-0.3, -0.25) is 14.5 Å². The first kappa shape index (κ1) is 17.5. The van der Waals surface area contributed by atoms with Gasteiger partial charge in [-0.25, -0.2) is 10.7 Å². The van der Waals surface area contributed by atoms with Gasteiger partial charge in [0.25, 0.3) is 5.91 Å². The van der Waals surface area contributed by atoms with Crippen molar-refractivity contribution in [3.05, 3.63) is 47.2 Å². The summed E-state index contributed by atoms with van der Waals surface area (Å²) in [5.74, 6) is 3.47. The van der Waals surface area contributed by atoms with E-state index >= 15 is 0 Å². The van der Waals surface area contributed by atoms with Gasteiger partial charge in [0.1, 0.15) is 17.1 Å². The summed E-state index contributed by atoms with van der Waals surface area (Å²) in [5, 5.41) is 11.7. The molecule has 0 spiro atoms. The van der Waals surface area contributed by atoms with Crippen LogP contribution in [0.15, 0.2) is 41.6 Å². The minimum Gasteiger partial charge on any atom is -0.477 e. The van der Waals surface area contributed by atoms with Crippen LogP contribution in [0.5, 0.6) is 0 Å². The second-order valence-electron chi connectivity index (χ2n) is 5.69. The highest BCUT2D eigenvalue weighted by Gasteiger charge is 2.54. The van der Waals surface area contributed by atoms with Crippen LogP contribution in [0.4, 0.5) is 0 Å². The number of carbonyl (C=O) groups excluding carboxylic acids is 2. The van der Waals surface area contributed by atoms with Gasteiger partial charge in [-0.05, 0) is 11.1 Å². The molecule has 0 bridgehead atoms. The normalized spacial score (nSPS) is 22.3. The van der Waals surface area contributed by atoms with Crippen molar-refractivity contribution in [2.24, 2.45) is 5.90 Å². The van der Waals surface area contributed by atoms with Crippen molar-refractivity contribution in [3.63, 3.8) is 0 Å². The van der Waals surface area contributed by atoms with Crippen LogP contribution >= 0.6 is 11.8 Å². The fourth-order valence-corrected chi connectivity index (χ4v) is 4.23. The molecule has 0 radical (unpaired) electrons. The number of carboxylic acids is 1. The van der Waals surface area contributed by atoms with E-state index in [0.717, 1.165) is 5.56 Å². The Balaban J connectivity index is 1.69. The zero-order valence-corrected chi connectivity index (χ0v) is 14.0. The van der Waals surface area contributed by atoms with E-state index < -0.39 is 23.3 Å². The van der Waals surface area contributed by atoms with Gasteiger partial charge >= 0.3 is 5.97 Å². The Kier molecular flexibility index (Phi) is 5.07. The lowest BCUT2D eigenvalue weighted by atomic mass is 10.0. The van der Waals surface area contributed by atoms with Gasteiger partial charge in [0.2, 0.25) is 5.91 Å². The fraction of sp³-hybridized carbons (Fsp3) is 0.312. The van der Waals surface area contributed by atoms with Gasteiger partial charge in [0, 0.05) is 5.75 Å². The summed E-state index contributed by atoms with van der Waals surface area (Å²) >= 11 is 1.38. The Labute approximate surface area is 147 Å². The average Bonchev–Trinajstić information content (AvgIpc) is 2.60. The number of rotatable bonds is 6. The van der Waals surface area contributed by atoms with Gasteiger partial charge in [0.15, 0.2) is 0 Å². The molecule has 2 aliphatic heterocycles. The molecule has 2 unspecified atom stereocenters. The van der Waals surface area contributed by atoms with Crippen LogP contribution in [0.2, 0.25) is 0 Å². The van der Waals surface area contributed by atoms with E-state index in [1.165, 1.54) is 16.7 Å². The van der Waals surface area contributed by atoms with Crippen LogP contribution < -0.4 is 11.2 Å². The maximum absolute atomic E-state index is 12.4. The van der Waals surface area contributed by atoms with E-state index in [2.05, 4.69) is 10.2 Å². The molecule has 2 atom stereocenters. The monoisotopic (exact) mass is 363 g/mol. The first-order valence-electron chi connectivity index (χ1n) is 7.58. The number of carboxylic acid groups (broad SMARTS) is 1. The van der Waals surface area contributed by atoms with Crippen LogP contribution in [0.25, 0.3) is 0 Å². The average molecular weight is 363 g/mol. The van der Waals surface area contributed by atoms with E-state index in [1.54, 1.807) is 0 Å². The van der Waals surface area contributed by atoms with E-state index in [9.17, 15) is 19.5 Å². The molecule has 8 nitrogen and oxygen atoms in total. The topological polar surface area (TPSA) is 122 Å². The second kappa shape index (κ2) is 7.26. The number of amides is 2. The summed E-state index contributed by atoms with van der Waals surface area (Å²) in [6.07, 6.45) is 0.163. The highest BCUT2D eigenvalue weighted by Crippen LogP contribution is 2.40. The largest absolute Gasteiger partial charge is 0.477 e. The Morgan fingerprint density at radius 1 is 1.36 bits per heavy atom. The Hall–Kier alpha value is -2.36. The van der Waals surface area contributed by atoms with Crippen molar-refractivity contribution >= 4 is 29.5 Å². The lowest BCUT2D eigenvalue weighted by molar-refractivity contribution is -0.150. The molecule has 25 heavy (non-hydrogen) atoms. The third-order valence-electron chi connectivity index (χ3n) is 4.03. The SMILES string of the molecule is NOCC1=C(C(=O)O)N2C(=O)C(NC(=O)Cc3ccccc3)C2SC1. The number of hydrogen-bond acceptors (Lipinski definition) is 6. The van der Waals surface area contributed by atoms with Crippen molar-refractivity contribution in [2.45, 2.75) is 17.8 Å². The van der Waals surface area contributed by atoms with Crippen LogP contribution in [-0.2, 0) is 25.6 Å². The minimum absolute atomic E-state index is 0.0594. The third kappa shape index (κ3) is 3.39. The number of carbonyl (C=O) groups is 3. The molecule has 1 saturated heterocycles. The lowest BCUT2D eigenvalue weighted by Gasteiger charge is -2.49. The van der Waals surface area contributed by atoms with Crippen molar-refractivity contribution in [1.82, 2.24) is 10.2 Å². The maximum atomic E-state index is 12.4. The predicted octanol–water partition coefficient (Wildman–Crippen LogP) is -0.142. The molecule has 2 amide bonds. The van der Waals surface area contributed by atoms with Gasteiger partial charge in [-0.2, -0.15) is 0 Å². The summed E-state index contributed by atoms with van der Waals surface area (Å²) in [4.78, 5) is 41.8. The minimum atomic E-state index is -1.21. The smallest absolute Gasteiger partial charge is 0.352 e. The van der Waals surface area contributed by atoms with Crippen molar-refractivity contribution in [2.75, 3.05) is 12.4 Å². The standard InChI is InChI=1S/C16H17N3O5S/c17-24-7-10-8-25-15-12(14(21)19(15)13(10)16(22)23)18-11(20)6-9-4-2-1-3-5-9/h1-5,12,15H,6-8,17H2,(H,18,20)(H,22,23). The Morgan fingerprint density at radius 2 is 2.08 bits per heavy atom. The molecule has 0 aromatic heterocycles. The van der Waals surface area contributed by atoms with E-state index in [0.29, 0.717) is 11.3 Å². The number of fused-ring (bicyclic) bond motifs is 1. The van der Waals surface area contributed by atoms with E-state index in [4.69, 9.17) is 5.90 Å². The highest BCUT2D eigenvalue weighted by atomic mass is 32.2. The number of β-lactam (4-membered cyclic amide) rings is 1. The summed E-state index contributed by atoms with van der Waals surface area (Å²) in [6.45, 7) is -0.0594. The van der Waals surface area contributed by atoms with Crippen LogP contribution in [0.1, 0.15) is 5.56 Å². The van der Waals surface area contributed by atoms with Crippen molar-refractivity contribution in [1.29, 1.82) is 0 Å². The van der Waals surface area contributed by atoms with Crippen molar-refractivity contribution < 1.29 is 24.3 Å². The van der Waals surface area contributed by atoms with E-state index in [1.807, 2.05) is 30.3 Å². The quantitative estimate of drug-likeness (QED) is 0.475. The van der Waals surface area contributed by atoms with Gasteiger partial charge in [0.05, 0.1) is 13.0 Å².